The summed E-state index contributed by atoms with van der Waals surface area (Å²) in [6.07, 6.45) is 0.849. The molecule has 0 spiro atoms. The maximum atomic E-state index is 11.2. The highest BCUT2D eigenvalue weighted by molar-refractivity contribution is 6.64. The Bertz CT molecular complexity index is 482. The average molecular weight is 294 g/mol. The van der Waals surface area contributed by atoms with E-state index in [2.05, 4.69) is 0 Å². The lowest BCUT2D eigenvalue weighted by Crippen LogP contribution is -2.43. The Morgan fingerprint density at radius 2 is 1.80 bits per heavy atom. The van der Waals surface area contributed by atoms with Gasteiger partial charge in [-0.25, -0.2) is 0 Å². The smallest absolute Gasteiger partial charge is 0.483 e. The third-order valence-electron chi connectivity index (χ3n) is 3.07. The van der Waals surface area contributed by atoms with Crippen LogP contribution in [0.1, 0.15) is 19.4 Å². The van der Waals surface area contributed by atoms with Crippen molar-refractivity contribution < 1.29 is 23.2 Å². The van der Waals surface area contributed by atoms with E-state index in [0.717, 1.165) is 30.4 Å². The minimum absolute atomic E-state index is 0.426. The topological polar surface area (TPSA) is 61.8 Å². The average Bonchev–Trinajstić information content (AvgIpc) is 2.32. The molecule has 108 valence electrons. The van der Waals surface area contributed by atoms with Crippen molar-refractivity contribution in [2.24, 2.45) is 5.92 Å². The summed E-state index contributed by atoms with van der Waals surface area (Å²) >= 11 is 0. The van der Waals surface area contributed by atoms with Gasteiger partial charge in [-0.15, -0.1) is 0 Å². The molecule has 1 saturated heterocycles. The second kappa shape index (κ2) is 6.67. The van der Waals surface area contributed by atoms with Crippen molar-refractivity contribution in [3.63, 3.8) is 0 Å². The van der Waals surface area contributed by atoms with E-state index in [0.29, 0.717) is 5.92 Å². The highest BCUT2D eigenvalue weighted by atomic mass is 28.3. The third kappa shape index (κ3) is 3.91. The second-order valence-electron chi connectivity index (χ2n) is 4.86. The first-order valence-electron chi connectivity index (χ1n) is 6.56. The number of ether oxygens (including phenoxy) is 1. The van der Waals surface area contributed by atoms with Crippen LogP contribution >= 0.6 is 0 Å². The maximum Gasteiger partial charge on any atom is 0.483 e. The van der Waals surface area contributed by atoms with Crippen LogP contribution < -0.4 is 5.19 Å². The molecular formula is C14H18O5Si. The van der Waals surface area contributed by atoms with Gasteiger partial charge in [0.2, 0.25) is 0 Å². The predicted octanol–water partition coefficient (Wildman–Crippen LogP) is 0.429. The fourth-order valence-corrected chi connectivity index (χ4v) is 3.81. The van der Waals surface area contributed by atoms with Crippen LogP contribution in [0.2, 0.25) is 0 Å². The minimum atomic E-state index is -2.53. The standard InChI is InChI=1S/C14H18O5Si/c1-10(15)18-20(19-11(2)16)14-6-4-3-5-13(14)7-12-8-17-9-12/h3-6,12,20H,7-9H2,1-2H3. The molecule has 1 heterocycles. The summed E-state index contributed by atoms with van der Waals surface area (Å²) in [5, 5.41) is 0.852. The van der Waals surface area contributed by atoms with E-state index in [1.807, 2.05) is 24.3 Å². The van der Waals surface area contributed by atoms with Gasteiger partial charge in [-0.3, -0.25) is 9.59 Å². The number of carbonyl (C=O) groups is 2. The summed E-state index contributed by atoms with van der Waals surface area (Å²) in [5.74, 6) is -0.366. The molecule has 0 amide bonds. The first kappa shape index (κ1) is 14.7. The van der Waals surface area contributed by atoms with E-state index in [1.165, 1.54) is 13.8 Å². The van der Waals surface area contributed by atoms with Gasteiger partial charge in [-0.2, -0.15) is 0 Å². The Labute approximate surface area is 119 Å². The molecule has 0 aliphatic carbocycles. The number of hydrogen-bond acceptors (Lipinski definition) is 5. The summed E-state index contributed by atoms with van der Waals surface area (Å²) < 4.78 is 15.7. The van der Waals surface area contributed by atoms with Gasteiger partial charge in [0, 0.05) is 25.0 Å². The molecule has 0 radical (unpaired) electrons. The fraction of sp³-hybridized carbons (Fsp3) is 0.429. The molecule has 1 aromatic carbocycles. The normalized spacial score (nSPS) is 14.8. The zero-order valence-electron chi connectivity index (χ0n) is 11.6. The van der Waals surface area contributed by atoms with E-state index in [1.54, 1.807) is 0 Å². The summed E-state index contributed by atoms with van der Waals surface area (Å²) in [6.45, 7) is 4.15. The molecule has 1 fully saturated rings. The Hall–Kier alpha value is -1.66. The number of benzene rings is 1. The lowest BCUT2D eigenvalue weighted by molar-refractivity contribution is -0.137. The SMILES string of the molecule is CC(=O)O[SiH](OC(C)=O)c1ccccc1CC1COC1. The summed E-state index contributed by atoms with van der Waals surface area (Å²) in [7, 11) is -2.53. The quantitative estimate of drug-likeness (QED) is 0.737. The van der Waals surface area contributed by atoms with E-state index in [9.17, 15) is 9.59 Å². The fourth-order valence-electron chi connectivity index (χ4n) is 2.12. The lowest BCUT2D eigenvalue weighted by atomic mass is 9.98. The highest BCUT2D eigenvalue weighted by Gasteiger charge is 2.28. The first-order valence-corrected chi connectivity index (χ1v) is 8.08. The number of hydrogen-bond donors (Lipinski definition) is 0. The minimum Gasteiger partial charge on any atom is -0.484 e. The number of rotatable bonds is 5. The van der Waals surface area contributed by atoms with Crippen LogP contribution in [0.3, 0.4) is 0 Å². The van der Waals surface area contributed by atoms with Crippen molar-refractivity contribution in [2.75, 3.05) is 13.2 Å². The molecule has 0 bridgehead atoms. The maximum absolute atomic E-state index is 11.2. The van der Waals surface area contributed by atoms with Crippen LogP contribution in [-0.4, -0.2) is 34.4 Å². The van der Waals surface area contributed by atoms with Gasteiger partial charge in [0.25, 0.3) is 11.9 Å². The predicted molar refractivity (Wildman–Crippen MR) is 74.8 cm³/mol. The zero-order valence-corrected chi connectivity index (χ0v) is 12.8. The van der Waals surface area contributed by atoms with E-state index < -0.39 is 21.2 Å². The largest absolute Gasteiger partial charge is 0.484 e. The van der Waals surface area contributed by atoms with Crippen LogP contribution in [0.5, 0.6) is 0 Å². The monoisotopic (exact) mass is 294 g/mol. The molecule has 6 heteroatoms. The Morgan fingerprint density at radius 3 is 2.30 bits per heavy atom. The molecule has 0 N–H and O–H groups in total. The summed E-state index contributed by atoms with van der Waals surface area (Å²) in [6, 6.07) is 7.66. The van der Waals surface area contributed by atoms with Crippen molar-refractivity contribution in [1.29, 1.82) is 0 Å². The van der Waals surface area contributed by atoms with E-state index >= 15 is 0 Å². The van der Waals surface area contributed by atoms with Crippen molar-refractivity contribution in [3.8, 4) is 0 Å². The van der Waals surface area contributed by atoms with Crippen LogP contribution in [0.25, 0.3) is 0 Å². The summed E-state index contributed by atoms with van der Waals surface area (Å²) in [5.41, 5.74) is 1.07. The van der Waals surface area contributed by atoms with Crippen LogP contribution in [0.15, 0.2) is 24.3 Å². The van der Waals surface area contributed by atoms with Gasteiger partial charge in [0.1, 0.15) is 0 Å². The van der Waals surface area contributed by atoms with Crippen LogP contribution in [0, 0.1) is 5.92 Å². The van der Waals surface area contributed by atoms with Gasteiger partial charge >= 0.3 is 9.28 Å². The molecule has 1 aromatic rings. The van der Waals surface area contributed by atoms with Gasteiger partial charge in [-0.05, 0) is 12.0 Å². The molecule has 0 aromatic heterocycles. The van der Waals surface area contributed by atoms with Crippen molar-refractivity contribution in [1.82, 2.24) is 0 Å². The Balaban J connectivity index is 2.21. The van der Waals surface area contributed by atoms with Crippen molar-refractivity contribution in [3.05, 3.63) is 29.8 Å². The molecule has 0 saturated carbocycles. The van der Waals surface area contributed by atoms with Gasteiger partial charge in [0.05, 0.1) is 13.2 Å². The van der Waals surface area contributed by atoms with Gasteiger partial charge in [0.15, 0.2) is 0 Å². The van der Waals surface area contributed by atoms with Crippen LogP contribution in [-0.2, 0) is 29.6 Å². The zero-order chi connectivity index (χ0) is 14.5. The third-order valence-corrected chi connectivity index (χ3v) is 5.23. The van der Waals surface area contributed by atoms with Gasteiger partial charge in [-0.1, -0.05) is 24.3 Å². The van der Waals surface area contributed by atoms with E-state index in [4.69, 9.17) is 13.6 Å². The number of carbonyl (C=O) groups excluding carboxylic acids is 2. The molecule has 0 unspecified atom stereocenters. The van der Waals surface area contributed by atoms with Crippen molar-refractivity contribution >= 4 is 26.4 Å². The van der Waals surface area contributed by atoms with Crippen LogP contribution in [0.4, 0.5) is 0 Å². The molecule has 0 atom stereocenters. The second-order valence-corrected chi connectivity index (χ2v) is 6.61. The molecule has 1 aliphatic heterocycles. The molecular weight excluding hydrogens is 276 g/mol. The first-order chi connectivity index (χ1) is 9.56. The van der Waals surface area contributed by atoms with Gasteiger partial charge < -0.3 is 13.6 Å². The Kier molecular flexibility index (Phi) is 4.92. The lowest BCUT2D eigenvalue weighted by Gasteiger charge is -2.27. The highest BCUT2D eigenvalue weighted by Crippen LogP contribution is 2.16. The molecule has 2 rings (SSSR count). The molecule has 20 heavy (non-hydrogen) atoms. The van der Waals surface area contributed by atoms with E-state index in [-0.39, 0.29) is 0 Å². The summed E-state index contributed by atoms with van der Waals surface area (Å²) in [4.78, 5) is 22.4. The molecule has 1 aliphatic rings. The Morgan fingerprint density at radius 1 is 1.20 bits per heavy atom. The molecule has 5 nitrogen and oxygen atoms in total. The van der Waals surface area contributed by atoms with Crippen molar-refractivity contribution in [2.45, 2.75) is 20.3 Å².